The number of sulfonamides is 1. The van der Waals surface area contributed by atoms with Gasteiger partial charge in [-0.1, -0.05) is 18.2 Å². The van der Waals surface area contributed by atoms with Crippen molar-refractivity contribution >= 4 is 21.8 Å². The molecular formula is C19H27N3O4S. The Morgan fingerprint density at radius 2 is 1.48 bits per heavy atom. The zero-order valence-electron chi connectivity index (χ0n) is 15.7. The Labute approximate surface area is 161 Å². The first kappa shape index (κ1) is 19.8. The molecular weight excluding hydrogens is 366 g/mol. The van der Waals surface area contributed by atoms with Crippen molar-refractivity contribution in [2.24, 2.45) is 5.92 Å². The van der Waals surface area contributed by atoms with Crippen LogP contribution < -0.4 is 0 Å². The quantitative estimate of drug-likeness (QED) is 0.769. The van der Waals surface area contributed by atoms with Crippen LogP contribution in [0.2, 0.25) is 0 Å². The number of amides is 2. The van der Waals surface area contributed by atoms with Gasteiger partial charge in [0, 0.05) is 52.6 Å². The zero-order valence-corrected chi connectivity index (χ0v) is 16.5. The Hall–Kier alpha value is -1.93. The highest BCUT2D eigenvalue weighted by Gasteiger charge is 2.31. The number of carbonyl (C=O) groups excluding carboxylic acids is 2. The number of piperidine rings is 1. The van der Waals surface area contributed by atoms with Crippen molar-refractivity contribution in [3.63, 3.8) is 0 Å². The second kappa shape index (κ2) is 8.39. The largest absolute Gasteiger partial charge is 0.339 e. The van der Waals surface area contributed by atoms with Gasteiger partial charge in [0.15, 0.2) is 0 Å². The van der Waals surface area contributed by atoms with Gasteiger partial charge in [0.2, 0.25) is 21.8 Å². The van der Waals surface area contributed by atoms with E-state index in [0.717, 1.165) is 0 Å². The molecule has 0 saturated carbocycles. The number of hydrogen-bond donors (Lipinski definition) is 0. The van der Waals surface area contributed by atoms with E-state index in [1.165, 1.54) is 4.31 Å². The highest BCUT2D eigenvalue weighted by Crippen LogP contribution is 2.26. The van der Waals surface area contributed by atoms with Crippen LogP contribution in [0.25, 0.3) is 0 Å². The SMILES string of the molecule is CC(=O)N1CCN(C(=O)CC2CCN(S(=O)(=O)c3ccccc3)CC2)CC1. The molecule has 2 aliphatic heterocycles. The van der Waals surface area contributed by atoms with Gasteiger partial charge in [-0.05, 0) is 30.9 Å². The van der Waals surface area contributed by atoms with Crippen LogP contribution in [-0.2, 0) is 19.6 Å². The van der Waals surface area contributed by atoms with Gasteiger partial charge in [0.05, 0.1) is 4.90 Å². The average Bonchev–Trinajstić information content (AvgIpc) is 2.69. The molecule has 0 spiro atoms. The predicted molar refractivity (Wildman–Crippen MR) is 101 cm³/mol. The molecule has 148 valence electrons. The number of piperazine rings is 1. The van der Waals surface area contributed by atoms with Gasteiger partial charge in [-0.3, -0.25) is 9.59 Å². The number of nitrogens with zero attached hydrogens (tertiary/aromatic N) is 3. The fourth-order valence-electron chi connectivity index (χ4n) is 3.74. The van der Waals surface area contributed by atoms with Crippen LogP contribution in [0.3, 0.4) is 0 Å². The molecule has 1 aromatic rings. The molecule has 3 rings (SSSR count). The van der Waals surface area contributed by atoms with E-state index in [1.807, 2.05) is 4.90 Å². The lowest BCUT2D eigenvalue weighted by Crippen LogP contribution is -2.50. The van der Waals surface area contributed by atoms with Crippen LogP contribution in [0.1, 0.15) is 26.2 Å². The third-order valence-electron chi connectivity index (χ3n) is 5.50. The molecule has 0 aromatic heterocycles. The fourth-order valence-corrected chi connectivity index (χ4v) is 5.23. The maximum atomic E-state index is 12.7. The van der Waals surface area contributed by atoms with Crippen molar-refractivity contribution in [3.8, 4) is 0 Å². The normalized spacial score (nSPS) is 19.9. The number of carbonyl (C=O) groups is 2. The highest BCUT2D eigenvalue weighted by molar-refractivity contribution is 7.89. The van der Waals surface area contributed by atoms with E-state index in [0.29, 0.717) is 63.4 Å². The summed E-state index contributed by atoms with van der Waals surface area (Å²) in [6.07, 6.45) is 1.86. The van der Waals surface area contributed by atoms with Gasteiger partial charge in [-0.2, -0.15) is 4.31 Å². The summed E-state index contributed by atoms with van der Waals surface area (Å²) in [6, 6.07) is 8.48. The molecule has 2 heterocycles. The van der Waals surface area contributed by atoms with Gasteiger partial charge >= 0.3 is 0 Å². The second-order valence-electron chi connectivity index (χ2n) is 7.25. The minimum absolute atomic E-state index is 0.0501. The molecule has 0 bridgehead atoms. The molecule has 2 amide bonds. The summed E-state index contributed by atoms with van der Waals surface area (Å²) in [5.41, 5.74) is 0. The molecule has 0 unspecified atom stereocenters. The summed E-state index contributed by atoms with van der Waals surface area (Å²) < 4.78 is 26.9. The van der Waals surface area contributed by atoms with Crippen LogP contribution in [0.5, 0.6) is 0 Å². The molecule has 0 aliphatic carbocycles. The van der Waals surface area contributed by atoms with E-state index in [-0.39, 0.29) is 17.7 Å². The first-order valence-corrected chi connectivity index (χ1v) is 10.9. The lowest BCUT2D eigenvalue weighted by atomic mass is 9.94. The van der Waals surface area contributed by atoms with E-state index in [4.69, 9.17) is 0 Å². The topological polar surface area (TPSA) is 78.0 Å². The molecule has 1 aromatic carbocycles. The lowest BCUT2D eigenvalue weighted by Gasteiger charge is -2.36. The molecule has 2 saturated heterocycles. The summed E-state index contributed by atoms with van der Waals surface area (Å²) >= 11 is 0. The number of benzene rings is 1. The van der Waals surface area contributed by atoms with E-state index >= 15 is 0 Å². The second-order valence-corrected chi connectivity index (χ2v) is 9.19. The molecule has 2 aliphatic rings. The Morgan fingerprint density at radius 3 is 2.04 bits per heavy atom. The van der Waals surface area contributed by atoms with Crippen LogP contribution in [0, 0.1) is 5.92 Å². The van der Waals surface area contributed by atoms with Crippen molar-refractivity contribution in [2.45, 2.75) is 31.1 Å². The van der Waals surface area contributed by atoms with Crippen molar-refractivity contribution in [1.82, 2.24) is 14.1 Å². The monoisotopic (exact) mass is 393 g/mol. The number of hydrogen-bond acceptors (Lipinski definition) is 4. The van der Waals surface area contributed by atoms with Gasteiger partial charge < -0.3 is 9.80 Å². The van der Waals surface area contributed by atoms with E-state index in [1.54, 1.807) is 42.2 Å². The summed E-state index contributed by atoms with van der Waals surface area (Å²) in [5.74, 6) is 0.377. The van der Waals surface area contributed by atoms with Gasteiger partial charge in [-0.25, -0.2) is 8.42 Å². The molecule has 7 nitrogen and oxygen atoms in total. The third kappa shape index (κ3) is 4.68. The van der Waals surface area contributed by atoms with Crippen LogP contribution >= 0.6 is 0 Å². The lowest BCUT2D eigenvalue weighted by molar-refractivity contribution is -0.139. The van der Waals surface area contributed by atoms with Crippen LogP contribution in [0.15, 0.2) is 35.2 Å². The maximum Gasteiger partial charge on any atom is 0.243 e. The molecule has 0 atom stereocenters. The average molecular weight is 394 g/mol. The zero-order chi connectivity index (χ0) is 19.4. The van der Waals surface area contributed by atoms with E-state index in [2.05, 4.69) is 0 Å². The standard InChI is InChI=1S/C19H27N3O4S/c1-16(23)20-11-13-21(14-12-20)19(24)15-17-7-9-22(10-8-17)27(25,26)18-5-3-2-4-6-18/h2-6,17H,7-15H2,1H3. The molecule has 0 N–H and O–H groups in total. The smallest absolute Gasteiger partial charge is 0.243 e. The van der Waals surface area contributed by atoms with E-state index in [9.17, 15) is 18.0 Å². The van der Waals surface area contributed by atoms with Crippen molar-refractivity contribution in [3.05, 3.63) is 30.3 Å². The Kier molecular flexibility index (Phi) is 6.16. The maximum absolute atomic E-state index is 12.7. The van der Waals surface area contributed by atoms with E-state index < -0.39 is 10.0 Å². The minimum atomic E-state index is -3.45. The minimum Gasteiger partial charge on any atom is -0.339 e. The third-order valence-corrected chi connectivity index (χ3v) is 7.41. The van der Waals surface area contributed by atoms with Gasteiger partial charge in [0.1, 0.15) is 0 Å². The van der Waals surface area contributed by atoms with Crippen LogP contribution in [-0.4, -0.2) is 73.6 Å². The first-order valence-electron chi connectivity index (χ1n) is 9.46. The molecule has 0 radical (unpaired) electrons. The van der Waals surface area contributed by atoms with Crippen molar-refractivity contribution < 1.29 is 18.0 Å². The van der Waals surface area contributed by atoms with Crippen LogP contribution in [0.4, 0.5) is 0 Å². The fraction of sp³-hybridized carbons (Fsp3) is 0.579. The summed E-state index contributed by atoms with van der Waals surface area (Å²) in [4.78, 5) is 27.8. The summed E-state index contributed by atoms with van der Waals surface area (Å²) in [7, 11) is -3.45. The number of rotatable bonds is 4. The molecule has 27 heavy (non-hydrogen) atoms. The summed E-state index contributed by atoms with van der Waals surface area (Å²) in [6.45, 7) is 4.80. The molecule has 8 heteroatoms. The Bertz CT molecular complexity index is 765. The van der Waals surface area contributed by atoms with Crippen molar-refractivity contribution in [2.75, 3.05) is 39.3 Å². The van der Waals surface area contributed by atoms with Gasteiger partial charge in [0.25, 0.3) is 0 Å². The molecule has 2 fully saturated rings. The Balaban J connectivity index is 1.48. The highest BCUT2D eigenvalue weighted by atomic mass is 32.2. The summed E-state index contributed by atoms with van der Waals surface area (Å²) in [5, 5.41) is 0. The van der Waals surface area contributed by atoms with Gasteiger partial charge in [-0.15, -0.1) is 0 Å². The first-order chi connectivity index (χ1) is 12.9. The predicted octanol–water partition coefficient (Wildman–Crippen LogP) is 1.17. The Morgan fingerprint density at radius 1 is 0.926 bits per heavy atom. The van der Waals surface area contributed by atoms with Crippen molar-refractivity contribution in [1.29, 1.82) is 0 Å².